The van der Waals surface area contributed by atoms with Gasteiger partial charge in [-0.2, -0.15) is 5.10 Å². The van der Waals surface area contributed by atoms with E-state index in [9.17, 15) is 4.79 Å². The predicted molar refractivity (Wildman–Crippen MR) is 103 cm³/mol. The zero-order valence-electron chi connectivity index (χ0n) is 15.2. The van der Waals surface area contributed by atoms with Gasteiger partial charge in [-0.15, -0.1) is 0 Å². The van der Waals surface area contributed by atoms with E-state index in [1.54, 1.807) is 10.7 Å². The van der Waals surface area contributed by atoms with Gasteiger partial charge in [0.15, 0.2) is 5.65 Å². The van der Waals surface area contributed by atoms with Gasteiger partial charge in [0.05, 0.1) is 17.6 Å². The maximum absolute atomic E-state index is 12.9. The second kappa shape index (κ2) is 6.78. The Morgan fingerprint density at radius 1 is 1.12 bits per heavy atom. The number of benzene rings is 1. The van der Waals surface area contributed by atoms with Crippen LogP contribution in [0, 0.1) is 13.8 Å². The molecule has 1 aliphatic rings. The summed E-state index contributed by atoms with van der Waals surface area (Å²) >= 11 is 0. The van der Waals surface area contributed by atoms with Crippen molar-refractivity contribution in [2.75, 3.05) is 23.3 Å². The Balaban J connectivity index is 1.65. The van der Waals surface area contributed by atoms with Gasteiger partial charge in [-0.05, 0) is 51.3 Å². The number of rotatable bonds is 3. The van der Waals surface area contributed by atoms with Crippen LogP contribution in [0.5, 0.6) is 0 Å². The number of nitrogens with one attached hydrogen (secondary N) is 1. The summed E-state index contributed by atoms with van der Waals surface area (Å²) in [6.45, 7) is 5.95. The highest BCUT2D eigenvalue weighted by Crippen LogP contribution is 2.29. The molecule has 0 unspecified atom stereocenters. The number of amides is 1. The summed E-state index contributed by atoms with van der Waals surface area (Å²) < 4.78 is 1.71. The molecule has 1 fully saturated rings. The minimum absolute atomic E-state index is 0.179. The number of carbonyl (C=O) groups excluding carboxylic acids is 1. The Labute approximate surface area is 152 Å². The Hall–Kier alpha value is -2.89. The van der Waals surface area contributed by atoms with Crippen LogP contribution in [0.25, 0.3) is 5.65 Å². The molecular weight excluding hydrogens is 326 g/mol. The molecule has 1 saturated heterocycles. The normalized spacial score (nSPS) is 14.6. The fourth-order valence-corrected chi connectivity index (χ4v) is 3.61. The number of aromatic nitrogens is 3. The first-order valence-corrected chi connectivity index (χ1v) is 9.11. The van der Waals surface area contributed by atoms with Gasteiger partial charge in [0.2, 0.25) is 0 Å². The lowest BCUT2D eigenvalue weighted by Gasteiger charge is -2.30. The molecule has 1 aromatic carbocycles. The van der Waals surface area contributed by atoms with Gasteiger partial charge < -0.3 is 10.2 Å². The van der Waals surface area contributed by atoms with Crippen molar-refractivity contribution in [3.63, 3.8) is 0 Å². The Morgan fingerprint density at radius 2 is 1.88 bits per heavy atom. The molecule has 6 nitrogen and oxygen atoms in total. The lowest BCUT2D eigenvalue weighted by atomic mass is 10.1. The van der Waals surface area contributed by atoms with E-state index in [2.05, 4.69) is 26.4 Å². The van der Waals surface area contributed by atoms with Crippen LogP contribution >= 0.6 is 0 Å². The van der Waals surface area contributed by atoms with E-state index < -0.39 is 0 Å². The number of hydrogen-bond donors (Lipinski definition) is 1. The summed E-state index contributed by atoms with van der Waals surface area (Å²) in [4.78, 5) is 19.8. The Morgan fingerprint density at radius 3 is 2.69 bits per heavy atom. The van der Waals surface area contributed by atoms with Crippen molar-refractivity contribution < 1.29 is 4.79 Å². The quantitative estimate of drug-likeness (QED) is 0.785. The molecule has 0 spiro atoms. The first-order valence-electron chi connectivity index (χ1n) is 9.11. The van der Waals surface area contributed by atoms with E-state index in [4.69, 9.17) is 0 Å². The third kappa shape index (κ3) is 3.03. The zero-order chi connectivity index (χ0) is 18.1. The Kier molecular flexibility index (Phi) is 4.32. The second-order valence-electron chi connectivity index (χ2n) is 6.85. The molecule has 3 aromatic rings. The van der Waals surface area contributed by atoms with Crippen molar-refractivity contribution >= 4 is 22.9 Å². The molecule has 2 aromatic heterocycles. The van der Waals surface area contributed by atoms with E-state index in [-0.39, 0.29) is 5.91 Å². The highest BCUT2D eigenvalue weighted by Gasteiger charge is 2.19. The lowest BCUT2D eigenvalue weighted by Crippen LogP contribution is -2.30. The number of fused-ring (bicyclic) bond motifs is 1. The van der Waals surface area contributed by atoms with Crippen molar-refractivity contribution in [3.8, 4) is 0 Å². The monoisotopic (exact) mass is 349 g/mol. The molecule has 1 aliphatic heterocycles. The summed E-state index contributed by atoms with van der Waals surface area (Å²) in [6, 6.07) is 9.95. The van der Waals surface area contributed by atoms with Crippen molar-refractivity contribution in [2.45, 2.75) is 33.1 Å². The molecule has 0 saturated carbocycles. The number of anilines is 2. The topological polar surface area (TPSA) is 62.5 Å². The maximum Gasteiger partial charge on any atom is 0.261 e. The van der Waals surface area contributed by atoms with Gasteiger partial charge in [0, 0.05) is 24.5 Å². The molecule has 134 valence electrons. The van der Waals surface area contributed by atoms with Crippen LogP contribution in [-0.4, -0.2) is 33.6 Å². The SMILES string of the molecule is Cc1cc(C)n2ncc(C(=O)Nc3ccccc3N3CCCCC3)c2n1. The second-order valence-corrected chi connectivity index (χ2v) is 6.85. The molecule has 3 heterocycles. The van der Waals surface area contributed by atoms with Crippen molar-refractivity contribution in [1.29, 1.82) is 0 Å². The van der Waals surface area contributed by atoms with Gasteiger partial charge >= 0.3 is 0 Å². The number of para-hydroxylation sites is 2. The molecule has 1 amide bonds. The van der Waals surface area contributed by atoms with Crippen molar-refractivity contribution in [1.82, 2.24) is 14.6 Å². The average molecular weight is 349 g/mol. The number of nitrogens with zero attached hydrogens (tertiary/aromatic N) is 4. The minimum Gasteiger partial charge on any atom is -0.370 e. The van der Waals surface area contributed by atoms with E-state index in [0.717, 1.165) is 35.9 Å². The van der Waals surface area contributed by atoms with Crippen LogP contribution in [0.4, 0.5) is 11.4 Å². The summed E-state index contributed by atoms with van der Waals surface area (Å²) in [7, 11) is 0. The van der Waals surface area contributed by atoms with Gasteiger partial charge in [-0.25, -0.2) is 9.50 Å². The van der Waals surface area contributed by atoms with Crippen LogP contribution in [-0.2, 0) is 0 Å². The first kappa shape index (κ1) is 16.6. The van der Waals surface area contributed by atoms with Crippen LogP contribution < -0.4 is 10.2 Å². The summed E-state index contributed by atoms with van der Waals surface area (Å²) in [6.07, 6.45) is 5.25. The summed E-state index contributed by atoms with van der Waals surface area (Å²) in [5.41, 5.74) is 4.83. The first-order chi connectivity index (χ1) is 12.6. The van der Waals surface area contributed by atoms with Crippen molar-refractivity contribution in [3.05, 3.63) is 53.5 Å². The smallest absolute Gasteiger partial charge is 0.261 e. The third-order valence-electron chi connectivity index (χ3n) is 4.87. The van der Waals surface area contributed by atoms with Crippen LogP contribution in [0.1, 0.15) is 41.0 Å². The molecule has 0 aliphatic carbocycles. The molecule has 0 radical (unpaired) electrons. The van der Waals surface area contributed by atoms with E-state index in [0.29, 0.717) is 11.2 Å². The zero-order valence-corrected chi connectivity index (χ0v) is 15.2. The number of piperidine rings is 1. The highest BCUT2D eigenvalue weighted by molar-refractivity contribution is 6.09. The number of hydrogen-bond acceptors (Lipinski definition) is 4. The number of carbonyl (C=O) groups is 1. The van der Waals surface area contributed by atoms with Crippen LogP contribution in [0.15, 0.2) is 36.5 Å². The van der Waals surface area contributed by atoms with E-state index in [1.165, 1.54) is 19.3 Å². The highest BCUT2D eigenvalue weighted by atomic mass is 16.1. The summed E-state index contributed by atoms with van der Waals surface area (Å²) in [5, 5.41) is 7.38. The van der Waals surface area contributed by atoms with Gasteiger partial charge in [-0.1, -0.05) is 12.1 Å². The molecular formula is C20H23N5O. The van der Waals surface area contributed by atoms with Crippen molar-refractivity contribution in [2.24, 2.45) is 0 Å². The molecule has 4 rings (SSSR count). The minimum atomic E-state index is -0.179. The lowest BCUT2D eigenvalue weighted by molar-refractivity contribution is 0.102. The molecule has 0 atom stereocenters. The Bertz CT molecular complexity index is 956. The largest absolute Gasteiger partial charge is 0.370 e. The standard InChI is InChI=1S/C20H23N5O/c1-14-12-15(2)25-19(22-14)16(13-21-25)20(26)23-17-8-4-5-9-18(17)24-10-6-3-7-11-24/h4-5,8-9,12-13H,3,6-7,10-11H2,1-2H3,(H,23,26). The maximum atomic E-state index is 12.9. The van der Waals surface area contributed by atoms with E-state index >= 15 is 0 Å². The molecule has 1 N–H and O–H groups in total. The van der Waals surface area contributed by atoms with Gasteiger partial charge in [0.25, 0.3) is 5.91 Å². The number of aryl methyl sites for hydroxylation is 2. The fraction of sp³-hybridized carbons (Fsp3) is 0.350. The molecule has 26 heavy (non-hydrogen) atoms. The van der Waals surface area contributed by atoms with Gasteiger partial charge in [-0.3, -0.25) is 4.79 Å². The van der Waals surface area contributed by atoms with Crippen LogP contribution in [0.3, 0.4) is 0 Å². The predicted octanol–water partition coefficient (Wildman–Crippen LogP) is 3.59. The van der Waals surface area contributed by atoms with Crippen LogP contribution in [0.2, 0.25) is 0 Å². The fourth-order valence-electron chi connectivity index (χ4n) is 3.61. The average Bonchev–Trinajstić information content (AvgIpc) is 3.07. The van der Waals surface area contributed by atoms with E-state index in [1.807, 2.05) is 38.1 Å². The molecule has 6 heteroatoms. The molecule has 0 bridgehead atoms. The summed E-state index contributed by atoms with van der Waals surface area (Å²) in [5.74, 6) is -0.179. The van der Waals surface area contributed by atoms with Gasteiger partial charge in [0.1, 0.15) is 5.56 Å². The third-order valence-corrected chi connectivity index (χ3v) is 4.87.